The third-order valence-corrected chi connectivity index (χ3v) is 8.18. The Balaban J connectivity index is 0.000000648. The lowest BCUT2D eigenvalue weighted by molar-refractivity contribution is 0.0757. The molecule has 0 atom stereocenters. The van der Waals surface area contributed by atoms with Crippen LogP contribution >= 0.6 is 22.9 Å². The predicted octanol–water partition coefficient (Wildman–Crippen LogP) is 9.00. The number of aromatic nitrogens is 2. The highest BCUT2D eigenvalue weighted by atomic mass is 35.5. The topological polar surface area (TPSA) is 56.9 Å². The quantitative estimate of drug-likeness (QED) is 0.218. The number of fused-ring (bicyclic) bond motifs is 1. The number of nitrogens with zero attached hydrogens (tertiary/aromatic N) is 3. The third-order valence-electron chi connectivity index (χ3n) is 7.09. The Hall–Kier alpha value is -2.97. The third kappa shape index (κ3) is 6.97. The minimum absolute atomic E-state index is 0.237. The Kier molecular flexibility index (Phi) is 9.62. The lowest BCUT2D eigenvalue weighted by Crippen LogP contribution is -2.40. The van der Waals surface area contributed by atoms with Gasteiger partial charge in [0.05, 0.1) is 21.1 Å². The van der Waals surface area contributed by atoms with Crippen molar-refractivity contribution in [3.8, 4) is 0 Å². The maximum Gasteiger partial charge on any atom is 0.321 e. The van der Waals surface area contributed by atoms with E-state index >= 15 is 0 Å². The number of nitrogens with one attached hydrogen (secondary N) is 2. The number of anilines is 2. The summed E-state index contributed by atoms with van der Waals surface area (Å²) in [6.45, 7) is 7.30. The van der Waals surface area contributed by atoms with Gasteiger partial charge in [-0.1, -0.05) is 57.0 Å². The van der Waals surface area contributed by atoms with Crippen molar-refractivity contribution < 1.29 is 8.78 Å². The van der Waals surface area contributed by atoms with Gasteiger partial charge in [0.15, 0.2) is 0 Å². The van der Waals surface area contributed by atoms with E-state index in [2.05, 4.69) is 37.1 Å². The van der Waals surface area contributed by atoms with E-state index in [0.29, 0.717) is 40.1 Å². The van der Waals surface area contributed by atoms with Crippen LogP contribution in [0, 0.1) is 18.3 Å². The molecule has 1 saturated heterocycles. The monoisotopic (exact) mass is 571 g/mol. The average Bonchev–Trinajstić information content (AvgIpc) is 3.53. The van der Waals surface area contributed by atoms with Gasteiger partial charge >= 0.3 is 6.55 Å². The van der Waals surface area contributed by atoms with Crippen LogP contribution in [0.5, 0.6) is 0 Å². The van der Waals surface area contributed by atoms with Gasteiger partial charge in [-0.2, -0.15) is 8.78 Å². The van der Waals surface area contributed by atoms with Gasteiger partial charge in [0.1, 0.15) is 0 Å². The largest absolute Gasteiger partial charge is 0.382 e. The highest BCUT2D eigenvalue weighted by molar-refractivity contribution is 7.14. The Bertz CT molecular complexity index is 1410. The number of rotatable bonds is 7. The van der Waals surface area contributed by atoms with Crippen molar-refractivity contribution in [3.63, 3.8) is 0 Å². The molecule has 0 bridgehead atoms. The Labute approximate surface area is 238 Å². The van der Waals surface area contributed by atoms with Crippen molar-refractivity contribution in [2.75, 3.05) is 23.3 Å². The summed E-state index contributed by atoms with van der Waals surface area (Å²) in [6.07, 6.45) is 2.94. The van der Waals surface area contributed by atoms with Crippen LogP contribution in [0.2, 0.25) is 4.34 Å². The number of hydrogen-bond donors (Lipinski definition) is 2. The fourth-order valence-corrected chi connectivity index (χ4v) is 5.41. The van der Waals surface area contributed by atoms with Gasteiger partial charge in [0.25, 0.3) is 0 Å². The second-order valence-electron chi connectivity index (χ2n) is 10.3. The molecule has 0 spiro atoms. The normalized spacial score (nSPS) is 14.1. The molecule has 1 aliphatic heterocycles. The van der Waals surface area contributed by atoms with Gasteiger partial charge in [0.2, 0.25) is 5.95 Å². The van der Waals surface area contributed by atoms with E-state index in [1.54, 1.807) is 18.2 Å². The van der Waals surface area contributed by atoms with E-state index < -0.39 is 6.55 Å². The van der Waals surface area contributed by atoms with Crippen molar-refractivity contribution in [2.45, 2.75) is 59.5 Å². The summed E-state index contributed by atoms with van der Waals surface area (Å²) >= 11 is 7.45. The van der Waals surface area contributed by atoms with Crippen LogP contribution in [-0.2, 0) is 0 Å². The smallest absolute Gasteiger partial charge is 0.321 e. The summed E-state index contributed by atoms with van der Waals surface area (Å²) in [5.41, 5.74) is 5.21. The van der Waals surface area contributed by atoms with Crippen molar-refractivity contribution in [3.05, 3.63) is 74.9 Å². The summed E-state index contributed by atoms with van der Waals surface area (Å²) in [5.74, 6) is 1.22. The Morgan fingerprint density at radius 3 is 2.44 bits per heavy atom. The maximum absolute atomic E-state index is 13.8. The summed E-state index contributed by atoms with van der Waals surface area (Å²) < 4.78 is 29.3. The maximum atomic E-state index is 13.8. The fraction of sp³-hybridized carbons (Fsp3) is 0.400. The number of para-hydroxylation sites is 2. The second kappa shape index (κ2) is 12.9. The molecule has 9 heteroatoms. The van der Waals surface area contributed by atoms with Crippen LogP contribution in [0.3, 0.4) is 0 Å². The molecule has 2 aromatic heterocycles. The SMILES string of the molecule is CCC(C)C.Cc1cc(NC2CCN(c3nc4ccccc4n3C(F)F)CC2)ccc1C(=N)c1csc(Cl)c1. The molecule has 2 aromatic carbocycles. The summed E-state index contributed by atoms with van der Waals surface area (Å²) in [7, 11) is 0. The lowest BCUT2D eigenvalue weighted by Gasteiger charge is -2.33. The van der Waals surface area contributed by atoms with E-state index in [0.717, 1.165) is 45.7 Å². The molecule has 0 saturated carbocycles. The van der Waals surface area contributed by atoms with Crippen molar-refractivity contribution in [2.24, 2.45) is 5.92 Å². The first-order valence-electron chi connectivity index (χ1n) is 13.4. The molecule has 3 heterocycles. The number of hydrogen-bond acceptors (Lipinski definition) is 5. The fourth-order valence-electron chi connectivity index (χ4n) is 4.54. The Morgan fingerprint density at radius 2 is 1.85 bits per heavy atom. The molecule has 0 radical (unpaired) electrons. The van der Waals surface area contributed by atoms with Crippen molar-refractivity contribution in [1.82, 2.24) is 9.55 Å². The molecule has 2 N–H and O–H groups in total. The zero-order valence-corrected chi connectivity index (χ0v) is 24.4. The predicted molar refractivity (Wildman–Crippen MR) is 161 cm³/mol. The summed E-state index contributed by atoms with van der Waals surface area (Å²) in [5, 5.41) is 14.0. The first kappa shape index (κ1) is 29.0. The van der Waals surface area contributed by atoms with Gasteiger partial charge in [-0.25, -0.2) is 4.98 Å². The van der Waals surface area contributed by atoms with Gasteiger partial charge in [-0.05, 0) is 61.6 Å². The van der Waals surface area contributed by atoms with Gasteiger partial charge in [-0.15, -0.1) is 11.3 Å². The van der Waals surface area contributed by atoms with E-state index in [1.165, 1.54) is 17.8 Å². The molecular weight excluding hydrogens is 536 g/mol. The van der Waals surface area contributed by atoms with Crippen LogP contribution < -0.4 is 10.2 Å². The van der Waals surface area contributed by atoms with E-state index in [9.17, 15) is 8.78 Å². The first-order valence-corrected chi connectivity index (χ1v) is 14.6. The molecule has 1 aliphatic rings. The van der Waals surface area contributed by atoms with Crippen LogP contribution in [0.1, 0.15) is 63.3 Å². The number of benzene rings is 2. The standard InChI is InChI=1S/C25H24ClF2N5S.C5H12/c1-15-12-18(6-7-19(15)23(29)16-13-22(26)34-14-16)30-17-8-10-32(11-9-17)25-31-20-4-2-3-5-21(20)33(25)24(27)28;1-4-5(2)3/h2-7,12-14,17,24,29-30H,8-11H2,1H3;5H,4H2,1-3H3. The van der Waals surface area contributed by atoms with Crippen molar-refractivity contribution in [1.29, 1.82) is 5.41 Å². The zero-order valence-electron chi connectivity index (χ0n) is 22.8. The average molecular weight is 572 g/mol. The second-order valence-corrected chi connectivity index (χ2v) is 11.8. The molecule has 5 nitrogen and oxygen atoms in total. The molecule has 0 unspecified atom stereocenters. The lowest BCUT2D eigenvalue weighted by atomic mass is 9.99. The summed E-state index contributed by atoms with van der Waals surface area (Å²) in [4.78, 5) is 6.44. The molecule has 0 amide bonds. The molecular formula is C30H36ClF2N5S. The van der Waals surface area contributed by atoms with Crippen molar-refractivity contribution >= 4 is 51.3 Å². The van der Waals surface area contributed by atoms with Gasteiger partial charge in [-0.3, -0.25) is 9.98 Å². The molecule has 4 aromatic rings. The minimum atomic E-state index is -2.64. The van der Waals surface area contributed by atoms with E-state index in [4.69, 9.17) is 17.0 Å². The molecule has 1 fully saturated rings. The minimum Gasteiger partial charge on any atom is -0.382 e. The number of thiophene rings is 1. The van der Waals surface area contributed by atoms with Crippen LogP contribution in [-0.4, -0.2) is 34.4 Å². The highest BCUT2D eigenvalue weighted by Gasteiger charge is 2.26. The molecule has 208 valence electrons. The number of aryl methyl sites for hydroxylation is 1. The number of halogens is 3. The van der Waals surface area contributed by atoms with Gasteiger partial charge < -0.3 is 10.2 Å². The number of alkyl halides is 2. The van der Waals surface area contributed by atoms with E-state index in [1.807, 2.05) is 41.5 Å². The van der Waals surface area contributed by atoms with Crippen LogP contribution in [0.4, 0.5) is 20.4 Å². The van der Waals surface area contributed by atoms with Crippen LogP contribution in [0.15, 0.2) is 53.9 Å². The molecule has 39 heavy (non-hydrogen) atoms. The molecule has 0 aliphatic carbocycles. The summed E-state index contributed by atoms with van der Waals surface area (Å²) in [6, 6.07) is 15.1. The van der Waals surface area contributed by atoms with E-state index in [-0.39, 0.29) is 6.04 Å². The molecule has 5 rings (SSSR count). The number of imidazole rings is 1. The first-order chi connectivity index (χ1) is 18.7. The zero-order chi connectivity index (χ0) is 28.1. The number of piperidine rings is 1. The highest BCUT2D eigenvalue weighted by Crippen LogP contribution is 2.31. The van der Waals surface area contributed by atoms with Crippen LogP contribution in [0.25, 0.3) is 11.0 Å². The van der Waals surface area contributed by atoms with Gasteiger partial charge in [0, 0.05) is 41.3 Å². The Morgan fingerprint density at radius 1 is 1.15 bits per heavy atom.